The fourth-order valence-electron chi connectivity index (χ4n) is 6.65. The van der Waals surface area contributed by atoms with Crippen molar-refractivity contribution in [1.29, 1.82) is 0 Å². The Morgan fingerprint density at radius 1 is 1.00 bits per heavy atom. The second kappa shape index (κ2) is 6.82. The largest absolute Gasteiger partial charge is 0.307 e. The molecule has 2 aliphatic heterocycles. The first-order valence-corrected chi connectivity index (χ1v) is 13.5. The zero-order chi connectivity index (χ0) is 21.7. The van der Waals surface area contributed by atoms with Crippen LogP contribution >= 0.6 is 46.0 Å². The number of fused-ring (bicyclic) bond motifs is 9. The van der Waals surface area contributed by atoms with Crippen molar-refractivity contribution in [2.75, 3.05) is 4.90 Å². The number of thiophene rings is 1. The van der Waals surface area contributed by atoms with Crippen LogP contribution in [-0.4, -0.2) is 22.0 Å². The van der Waals surface area contributed by atoms with Crippen molar-refractivity contribution in [3.05, 3.63) is 66.2 Å². The molecule has 1 aromatic carbocycles. The third-order valence-corrected chi connectivity index (χ3v) is 11.5. The molecule has 1 saturated heterocycles. The Hall–Kier alpha value is -1.87. The van der Waals surface area contributed by atoms with Crippen molar-refractivity contribution in [3.63, 3.8) is 0 Å². The molecular formula is C23H17ClN2O3S3. The van der Waals surface area contributed by atoms with Crippen molar-refractivity contribution in [2.45, 2.75) is 22.6 Å². The van der Waals surface area contributed by atoms with E-state index in [0.29, 0.717) is 10.7 Å². The van der Waals surface area contributed by atoms with Crippen molar-refractivity contribution < 1.29 is 9.59 Å². The number of benzene rings is 1. The summed E-state index contributed by atoms with van der Waals surface area (Å²) in [6, 6.07) is 11.1. The summed E-state index contributed by atoms with van der Waals surface area (Å²) in [4.78, 5) is 46.1. The van der Waals surface area contributed by atoms with E-state index >= 15 is 0 Å². The molecule has 2 saturated carbocycles. The molecule has 3 fully saturated rings. The maximum Gasteiger partial charge on any atom is 0.305 e. The van der Waals surface area contributed by atoms with Crippen LogP contribution < -0.4 is 9.77 Å². The average molecular weight is 501 g/mol. The molecule has 162 valence electrons. The van der Waals surface area contributed by atoms with Gasteiger partial charge in [-0.3, -0.25) is 19.3 Å². The summed E-state index contributed by atoms with van der Waals surface area (Å²) in [7, 11) is 0. The molecule has 2 aliphatic carbocycles. The number of carbonyl (C=O) groups is 2. The molecule has 2 amide bonds. The standard InChI is InChI=1S/C23H17ClN2O3S3/c24-9-3-5-10(6-4-9)26-21(27)15-11-8-12(16(15)22(26)28)18-14(11)17(13-2-1-7-30-13)19-20(31-18)25-23(29)32-19/h1-7,11-12,14-18H,8H2,(H,25,29)/t11-,12+,14+,15+,16+,17+,18+/m0/s1. The molecule has 9 heteroatoms. The lowest BCUT2D eigenvalue weighted by Crippen LogP contribution is -2.42. The lowest BCUT2D eigenvalue weighted by Gasteiger charge is -2.42. The lowest BCUT2D eigenvalue weighted by molar-refractivity contribution is -0.123. The van der Waals surface area contributed by atoms with E-state index in [2.05, 4.69) is 16.4 Å². The van der Waals surface area contributed by atoms with Crippen molar-refractivity contribution in [3.8, 4) is 0 Å². The minimum atomic E-state index is -0.273. The molecular weight excluding hydrogens is 484 g/mol. The number of aromatic nitrogens is 1. The van der Waals surface area contributed by atoms with Gasteiger partial charge in [0, 0.05) is 25.9 Å². The Morgan fingerprint density at radius 2 is 1.75 bits per heavy atom. The van der Waals surface area contributed by atoms with Gasteiger partial charge in [0.25, 0.3) is 0 Å². The molecule has 2 aromatic heterocycles. The van der Waals surface area contributed by atoms with E-state index in [1.165, 1.54) is 21.1 Å². The van der Waals surface area contributed by atoms with Gasteiger partial charge in [0.1, 0.15) is 0 Å². The summed E-state index contributed by atoms with van der Waals surface area (Å²) in [5.41, 5.74) is 0.604. The number of halogens is 1. The number of imide groups is 1. The second-order valence-electron chi connectivity index (χ2n) is 8.96. The van der Waals surface area contributed by atoms with Gasteiger partial charge in [0.15, 0.2) is 0 Å². The van der Waals surface area contributed by atoms with Gasteiger partial charge in [0.05, 0.1) is 22.5 Å². The van der Waals surface area contributed by atoms with Gasteiger partial charge in [0.2, 0.25) is 11.8 Å². The fourth-order valence-corrected chi connectivity index (χ4v) is 10.6. The van der Waals surface area contributed by atoms with Crippen LogP contribution in [0, 0.1) is 29.6 Å². The van der Waals surface area contributed by atoms with Gasteiger partial charge in [-0.15, -0.1) is 23.1 Å². The van der Waals surface area contributed by atoms with Crippen LogP contribution in [0.2, 0.25) is 5.02 Å². The number of H-pyrrole nitrogens is 1. The molecule has 32 heavy (non-hydrogen) atoms. The van der Waals surface area contributed by atoms with Crippen molar-refractivity contribution >= 4 is 63.5 Å². The molecule has 0 spiro atoms. The Kier molecular flexibility index (Phi) is 4.18. The quantitative estimate of drug-likeness (QED) is 0.512. The Morgan fingerprint density at radius 3 is 2.47 bits per heavy atom. The summed E-state index contributed by atoms with van der Waals surface area (Å²) in [5.74, 6) is -0.0317. The van der Waals surface area contributed by atoms with Crippen LogP contribution in [0.15, 0.2) is 51.6 Å². The second-order valence-corrected chi connectivity index (χ2v) is 12.6. The molecule has 2 bridgehead atoms. The van der Waals surface area contributed by atoms with E-state index in [0.717, 1.165) is 16.3 Å². The van der Waals surface area contributed by atoms with Crippen LogP contribution in [0.1, 0.15) is 22.1 Å². The third kappa shape index (κ3) is 2.49. The highest BCUT2D eigenvalue weighted by molar-refractivity contribution is 8.00. The number of amides is 2. The molecule has 3 aromatic rings. The molecule has 5 nitrogen and oxygen atoms in total. The van der Waals surface area contributed by atoms with Crippen LogP contribution in [0.25, 0.3) is 0 Å². The fraction of sp³-hybridized carbons (Fsp3) is 0.348. The van der Waals surface area contributed by atoms with Gasteiger partial charge < -0.3 is 4.98 Å². The maximum atomic E-state index is 13.6. The van der Waals surface area contributed by atoms with Gasteiger partial charge in [-0.05, 0) is 59.9 Å². The number of thioether (sulfide) groups is 1. The van der Waals surface area contributed by atoms with E-state index < -0.39 is 0 Å². The van der Waals surface area contributed by atoms with Gasteiger partial charge in [-0.25, -0.2) is 0 Å². The summed E-state index contributed by atoms with van der Waals surface area (Å²) >= 11 is 10.8. The minimum absolute atomic E-state index is 0.0300. The monoisotopic (exact) mass is 500 g/mol. The van der Waals surface area contributed by atoms with Gasteiger partial charge >= 0.3 is 4.87 Å². The topological polar surface area (TPSA) is 70.2 Å². The van der Waals surface area contributed by atoms with E-state index in [4.69, 9.17) is 11.6 Å². The highest BCUT2D eigenvalue weighted by atomic mass is 35.5. The predicted molar refractivity (Wildman–Crippen MR) is 127 cm³/mol. The first kappa shape index (κ1) is 19.6. The van der Waals surface area contributed by atoms with Crippen LogP contribution in [-0.2, 0) is 9.59 Å². The highest BCUT2D eigenvalue weighted by Crippen LogP contribution is 2.68. The van der Waals surface area contributed by atoms with Gasteiger partial charge in [-0.1, -0.05) is 29.0 Å². The average Bonchev–Trinajstić information content (AvgIpc) is 3.57. The maximum absolute atomic E-state index is 13.6. The summed E-state index contributed by atoms with van der Waals surface area (Å²) in [6.45, 7) is 0. The number of aromatic amines is 1. The molecule has 1 N–H and O–H groups in total. The first-order valence-electron chi connectivity index (χ1n) is 10.6. The Balaban J connectivity index is 1.32. The number of carbonyl (C=O) groups excluding carboxylic acids is 2. The smallest absolute Gasteiger partial charge is 0.305 e. The molecule has 4 heterocycles. The van der Waals surface area contributed by atoms with Gasteiger partial charge in [-0.2, -0.15) is 0 Å². The summed E-state index contributed by atoms with van der Waals surface area (Å²) in [5, 5.41) is 3.83. The number of anilines is 1. The molecule has 7 atom stereocenters. The molecule has 0 radical (unpaired) electrons. The van der Waals surface area contributed by atoms with E-state index in [-0.39, 0.29) is 57.4 Å². The summed E-state index contributed by atoms with van der Waals surface area (Å²) in [6.07, 6.45) is 0.907. The lowest BCUT2D eigenvalue weighted by atomic mass is 9.69. The number of nitrogens with zero attached hydrogens (tertiary/aromatic N) is 1. The van der Waals surface area contributed by atoms with Crippen LogP contribution in [0.3, 0.4) is 0 Å². The Bertz CT molecular complexity index is 1310. The first-order chi connectivity index (χ1) is 15.5. The number of thiazole rings is 1. The van der Waals surface area contributed by atoms with Crippen LogP contribution in [0.5, 0.6) is 0 Å². The highest BCUT2D eigenvalue weighted by Gasteiger charge is 2.69. The van der Waals surface area contributed by atoms with E-state index in [9.17, 15) is 14.4 Å². The molecule has 0 unspecified atom stereocenters. The van der Waals surface area contributed by atoms with Crippen molar-refractivity contribution in [1.82, 2.24) is 4.98 Å². The Labute approximate surface area is 200 Å². The SMILES string of the molecule is O=C1[C@@H]2[C@H]3C[C@@H]([C@H]4Sc5[nH]c(=O)sc5[C@H](c5cccs5)[C@@H]34)[C@H]2C(=O)N1c1ccc(Cl)cc1. The van der Waals surface area contributed by atoms with Crippen molar-refractivity contribution in [2.24, 2.45) is 29.6 Å². The molecule has 4 aliphatic rings. The number of hydrogen-bond acceptors (Lipinski definition) is 6. The predicted octanol–water partition coefficient (Wildman–Crippen LogP) is 4.83. The van der Waals surface area contributed by atoms with E-state index in [1.54, 1.807) is 47.4 Å². The number of hydrogen-bond donors (Lipinski definition) is 1. The number of nitrogens with one attached hydrogen (secondary N) is 1. The minimum Gasteiger partial charge on any atom is -0.307 e. The van der Waals surface area contributed by atoms with Crippen LogP contribution in [0.4, 0.5) is 5.69 Å². The summed E-state index contributed by atoms with van der Waals surface area (Å²) < 4.78 is 0. The zero-order valence-electron chi connectivity index (χ0n) is 16.6. The molecule has 7 rings (SSSR count). The van der Waals surface area contributed by atoms with E-state index in [1.807, 2.05) is 6.07 Å². The number of rotatable bonds is 2. The third-order valence-electron chi connectivity index (χ3n) is 7.66. The zero-order valence-corrected chi connectivity index (χ0v) is 19.8. The normalized spacial score (nSPS) is 34.7.